The third-order valence-corrected chi connectivity index (χ3v) is 12.2. The van der Waals surface area contributed by atoms with Crippen molar-refractivity contribution in [2.75, 3.05) is 54.4 Å². The number of imide groups is 1. The van der Waals surface area contributed by atoms with Crippen LogP contribution < -0.4 is 16.0 Å². The first-order valence-corrected chi connectivity index (χ1v) is 19.6. The number of rotatable bonds is 14. The van der Waals surface area contributed by atoms with Gasteiger partial charge in [0, 0.05) is 38.0 Å². The van der Waals surface area contributed by atoms with E-state index in [0.29, 0.717) is 75.8 Å². The molecule has 2 aromatic carbocycles. The van der Waals surface area contributed by atoms with Gasteiger partial charge in [0.2, 0.25) is 23.6 Å². The van der Waals surface area contributed by atoms with Crippen LogP contribution in [0.5, 0.6) is 0 Å². The Morgan fingerprint density at radius 3 is 1.29 bits per heavy atom. The molecule has 296 valence electrons. The second-order valence-corrected chi connectivity index (χ2v) is 16.2. The van der Waals surface area contributed by atoms with Crippen LogP contribution >= 0.6 is 0 Å². The molecule has 4 bridgehead atoms. The molecule has 10 atom stereocenters. The van der Waals surface area contributed by atoms with Crippen molar-refractivity contribution in [2.45, 2.75) is 50.7 Å². The predicted molar refractivity (Wildman–Crippen MR) is 203 cm³/mol. The highest BCUT2D eigenvalue weighted by atomic mass is 16.5. The second-order valence-electron chi connectivity index (χ2n) is 16.2. The van der Waals surface area contributed by atoms with Gasteiger partial charge in [0.1, 0.15) is 12.2 Å². The quantitative estimate of drug-likeness (QED) is 0.193. The van der Waals surface area contributed by atoms with Gasteiger partial charge in [-0.2, -0.15) is 0 Å². The Balaban J connectivity index is 1.25. The minimum Gasteiger partial charge on any atom is -0.458 e. The molecule has 13 nitrogen and oxygen atoms in total. The minimum atomic E-state index is -0.941. The van der Waals surface area contributed by atoms with E-state index in [2.05, 4.69) is 16.0 Å². The molecule has 6 fully saturated rings. The molecule has 6 saturated carbocycles. The summed E-state index contributed by atoms with van der Waals surface area (Å²) < 4.78 is 12.1. The summed E-state index contributed by atoms with van der Waals surface area (Å²) in [6.07, 6.45) is 2.09. The number of nitrogens with one attached hydrogen (secondary N) is 3. The lowest BCUT2D eigenvalue weighted by Gasteiger charge is -2.51. The van der Waals surface area contributed by atoms with Crippen molar-refractivity contribution in [2.24, 2.45) is 47.3 Å². The Bertz CT molecular complexity index is 1580. The van der Waals surface area contributed by atoms with E-state index in [0.717, 1.165) is 0 Å². The smallest absolute Gasteiger partial charge is 0.338 e. The standard InChI is InChI=1S/C42H55N5O8/c1-46(2)21-19-43-37(48)33-27-15-17-29(31(23-27)54-41(52)25-11-7-5-8-12-25)35(33)39(50)45-40(51)36-30-18-16-28(34(36)38(49)44-20-22-47(3)4)24-32(30)55-42(53)26-13-9-6-10-14-26/h5-14,27-36H,15-24H2,1-4H3,(H,43,48)(H,44,49)(H,45,50,51). The van der Waals surface area contributed by atoms with Gasteiger partial charge in [-0.3, -0.25) is 24.5 Å². The highest BCUT2D eigenvalue weighted by molar-refractivity contribution is 6.01. The summed E-state index contributed by atoms with van der Waals surface area (Å²) in [5.74, 6) is -7.58. The van der Waals surface area contributed by atoms with Gasteiger partial charge in [0.05, 0.1) is 34.8 Å². The summed E-state index contributed by atoms with van der Waals surface area (Å²) >= 11 is 0. The van der Waals surface area contributed by atoms with Gasteiger partial charge in [-0.1, -0.05) is 36.4 Å². The number of hydrogen-bond acceptors (Lipinski definition) is 10. The maximum atomic E-state index is 14.6. The van der Waals surface area contributed by atoms with Crippen LogP contribution in [0.4, 0.5) is 0 Å². The van der Waals surface area contributed by atoms with Crippen molar-refractivity contribution >= 4 is 35.6 Å². The van der Waals surface area contributed by atoms with E-state index in [9.17, 15) is 28.8 Å². The zero-order valence-electron chi connectivity index (χ0n) is 32.3. The van der Waals surface area contributed by atoms with E-state index in [-0.39, 0.29) is 23.7 Å². The number of carbonyl (C=O) groups is 6. The fraction of sp³-hybridized carbons (Fsp3) is 0.571. The molecule has 0 saturated heterocycles. The topological polar surface area (TPSA) is 163 Å². The van der Waals surface area contributed by atoms with Crippen molar-refractivity contribution in [1.82, 2.24) is 25.8 Å². The molecular weight excluding hydrogens is 702 g/mol. The lowest BCUT2D eigenvalue weighted by molar-refractivity contribution is -0.162. The number of benzene rings is 2. The van der Waals surface area contributed by atoms with E-state index in [4.69, 9.17) is 9.47 Å². The predicted octanol–water partition coefficient (Wildman–Crippen LogP) is 2.76. The van der Waals surface area contributed by atoms with Crippen LogP contribution in [0.1, 0.15) is 59.2 Å². The molecule has 10 unspecified atom stereocenters. The molecule has 2 aromatic rings. The van der Waals surface area contributed by atoms with E-state index < -0.39 is 71.5 Å². The third-order valence-electron chi connectivity index (χ3n) is 12.2. The number of likely N-dealkylation sites (N-methyl/N-ethyl adjacent to an activating group) is 2. The Morgan fingerprint density at radius 2 is 0.927 bits per heavy atom. The van der Waals surface area contributed by atoms with Crippen molar-refractivity contribution in [3.8, 4) is 0 Å². The largest absolute Gasteiger partial charge is 0.458 e. The Hall–Kier alpha value is -4.62. The Morgan fingerprint density at radius 1 is 0.545 bits per heavy atom. The first-order chi connectivity index (χ1) is 26.4. The first-order valence-electron chi connectivity index (χ1n) is 19.6. The molecule has 13 heteroatoms. The summed E-state index contributed by atoms with van der Waals surface area (Å²) in [5.41, 5.74) is 0.783. The third kappa shape index (κ3) is 9.27. The lowest BCUT2D eigenvalue weighted by atomic mass is 9.56. The fourth-order valence-corrected chi connectivity index (χ4v) is 9.59. The highest BCUT2D eigenvalue weighted by Gasteiger charge is 2.58. The summed E-state index contributed by atoms with van der Waals surface area (Å²) in [4.78, 5) is 87.2. The maximum Gasteiger partial charge on any atom is 0.338 e. The molecule has 6 aliphatic carbocycles. The second kappa shape index (κ2) is 17.9. The van der Waals surface area contributed by atoms with Gasteiger partial charge in [-0.05, 0) is 103 Å². The minimum absolute atomic E-state index is 0.244. The average molecular weight is 758 g/mol. The van der Waals surface area contributed by atoms with Crippen molar-refractivity contribution in [3.63, 3.8) is 0 Å². The van der Waals surface area contributed by atoms with Crippen LogP contribution in [-0.2, 0) is 28.7 Å². The number of nitrogens with zero attached hydrogens (tertiary/aromatic N) is 2. The van der Waals surface area contributed by atoms with Crippen LogP contribution in [0.25, 0.3) is 0 Å². The van der Waals surface area contributed by atoms with Gasteiger partial charge >= 0.3 is 11.9 Å². The van der Waals surface area contributed by atoms with Gasteiger partial charge in [0.15, 0.2) is 0 Å². The zero-order chi connectivity index (χ0) is 39.2. The molecule has 6 aliphatic rings. The molecule has 0 aliphatic heterocycles. The lowest BCUT2D eigenvalue weighted by Crippen LogP contribution is -2.62. The number of amides is 4. The highest BCUT2D eigenvalue weighted by Crippen LogP contribution is 2.52. The summed E-state index contributed by atoms with van der Waals surface area (Å²) in [7, 11) is 7.62. The van der Waals surface area contributed by atoms with Crippen LogP contribution in [0.3, 0.4) is 0 Å². The summed E-state index contributed by atoms with van der Waals surface area (Å²) in [5, 5.41) is 8.69. The zero-order valence-corrected chi connectivity index (χ0v) is 32.3. The SMILES string of the molecule is CN(C)CCNC(=O)C1C2CCC(C(OC(=O)c3ccccc3)C2)C1C(=O)NC(=O)C1C2CCC(CC2OC(=O)c2ccccc2)C1C(=O)NCCN(C)C. The first kappa shape index (κ1) is 40.1. The Labute approximate surface area is 323 Å². The van der Waals surface area contributed by atoms with Gasteiger partial charge in [0.25, 0.3) is 0 Å². The Kier molecular flexibility index (Phi) is 13.0. The maximum absolute atomic E-state index is 14.6. The number of carbonyl (C=O) groups excluding carboxylic acids is 6. The van der Waals surface area contributed by atoms with Gasteiger partial charge in [-0.15, -0.1) is 0 Å². The van der Waals surface area contributed by atoms with E-state index >= 15 is 0 Å². The van der Waals surface area contributed by atoms with Crippen molar-refractivity contribution < 1.29 is 38.2 Å². The molecule has 0 spiro atoms. The van der Waals surface area contributed by atoms with E-state index in [1.165, 1.54) is 0 Å². The van der Waals surface area contributed by atoms with Crippen molar-refractivity contribution in [3.05, 3.63) is 71.8 Å². The van der Waals surface area contributed by atoms with E-state index in [1.54, 1.807) is 48.5 Å². The van der Waals surface area contributed by atoms with Crippen LogP contribution in [0, 0.1) is 47.3 Å². The normalized spacial score (nSPS) is 29.3. The van der Waals surface area contributed by atoms with E-state index in [1.807, 2.05) is 50.1 Å². The van der Waals surface area contributed by atoms with Crippen LogP contribution in [0.15, 0.2) is 60.7 Å². The number of hydrogen-bond donors (Lipinski definition) is 3. The number of fused-ring (bicyclic) bond motifs is 6. The molecule has 4 amide bonds. The molecule has 0 radical (unpaired) electrons. The monoisotopic (exact) mass is 757 g/mol. The molecule has 0 heterocycles. The summed E-state index contributed by atoms with van der Waals surface area (Å²) in [6, 6.07) is 17.3. The van der Waals surface area contributed by atoms with Crippen LogP contribution in [0.2, 0.25) is 0 Å². The molecule has 3 N–H and O–H groups in total. The van der Waals surface area contributed by atoms with Crippen LogP contribution in [-0.4, -0.2) is 112 Å². The average Bonchev–Trinajstić information content (AvgIpc) is 3.17. The fourth-order valence-electron chi connectivity index (χ4n) is 9.59. The molecule has 0 aromatic heterocycles. The number of esters is 2. The summed E-state index contributed by atoms with van der Waals surface area (Å²) in [6.45, 7) is 1.99. The molecular formula is C42H55N5O8. The molecule has 8 rings (SSSR count). The molecule has 55 heavy (non-hydrogen) atoms. The van der Waals surface area contributed by atoms with Crippen molar-refractivity contribution in [1.29, 1.82) is 0 Å². The van der Waals surface area contributed by atoms with Gasteiger partial charge in [-0.25, -0.2) is 9.59 Å². The van der Waals surface area contributed by atoms with Gasteiger partial charge < -0.3 is 29.9 Å². The number of ether oxygens (including phenoxy) is 2.